The Morgan fingerprint density at radius 2 is 1.90 bits per heavy atom. The van der Waals surface area contributed by atoms with Gasteiger partial charge in [-0.1, -0.05) is 44.5 Å². The van der Waals surface area contributed by atoms with Crippen molar-refractivity contribution >= 4 is 0 Å². The lowest BCUT2D eigenvalue weighted by atomic mass is 9.77. The molecule has 110 valence electrons. The highest BCUT2D eigenvalue weighted by Crippen LogP contribution is 2.41. The molecule has 0 aromatic heterocycles. The van der Waals surface area contributed by atoms with Gasteiger partial charge in [0.1, 0.15) is 0 Å². The number of nitrogens with zero attached hydrogens (tertiary/aromatic N) is 1. The minimum Gasteiger partial charge on any atom is -0.323 e. The summed E-state index contributed by atoms with van der Waals surface area (Å²) in [5, 5.41) is 0. The molecule has 1 aromatic rings. The molecule has 3 atom stereocenters. The predicted octanol–water partition coefficient (Wildman–Crippen LogP) is 3.83. The topological polar surface area (TPSA) is 29.3 Å². The van der Waals surface area contributed by atoms with Gasteiger partial charge in [0.2, 0.25) is 0 Å². The fourth-order valence-corrected chi connectivity index (χ4v) is 3.81. The molecule has 1 saturated carbocycles. The Morgan fingerprint density at radius 3 is 2.55 bits per heavy atom. The van der Waals surface area contributed by atoms with Crippen LogP contribution in [0.1, 0.15) is 69.0 Å². The van der Waals surface area contributed by atoms with E-state index < -0.39 is 0 Å². The lowest BCUT2D eigenvalue weighted by Gasteiger charge is -2.42. The minimum absolute atomic E-state index is 0.194. The standard InChI is InChI=1S/C18H28N2/c1-3-4-11-20(14-9-10-14)17-12-13(2)15-7-5-6-8-16(15)18(17)19/h5-8,13-14,17-18H,3-4,9-12,19H2,1-2H3. The van der Waals surface area contributed by atoms with E-state index in [4.69, 9.17) is 5.73 Å². The van der Waals surface area contributed by atoms with E-state index in [0.717, 1.165) is 6.04 Å². The molecular weight excluding hydrogens is 244 g/mol. The van der Waals surface area contributed by atoms with Crippen molar-refractivity contribution in [2.75, 3.05) is 6.54 Å². The number of rotatable bonds is 5. The molecule has 20 heavy (non-hydrogen) atoms. The molecule has 2 heteroatoms. The molecule has 0 aliphatic heterocycles. The van der Waals surface area contributed by atoms with Gasteiger partial charge in [0.05, 0.1) is 0 Å². The Bertz CT molecular complexity index is 452. The van der Waals surface area contributed by atoms with Gasteiger partial charge < -0.3 is 5.73 Å². The van der Waals surface area contributed by atoms with Gasteiger partial charge in [-0.2, -0.15) is 0 Å². The second kappa shape index (κ2) is 5.87. The summed E-state index contributed by atoms with van der Waals surface area (Å²) < 4.78 is 0. The molecular formula is C18H28N2. The van der Waals surface area contributed by atoms with Gasteiger partial charge in [0.15, 0.2) is 0 Å². The molecule has 1 aromatic carbocycles. The van der Waals surface area contributed by atoms with Crippen molar-refractivity contribution in [3.63, 3.8) is 0 Å². The van der Waals surface area contributed by atoms with Crippen LogP contribution >= 0.6 is 0 Å². The maximum Gasteiger partial charge on any atom is 0.0456 e. The number of nitrogens with two attached hydrogens (primary N) is 1. The van der Waals surface area contributed by atoms with E-state index >= 15 is 0 Å². The zero-order valence-corrected chi connectivity index (χ0v) is 12.9. The molecule has 2 aliphatic carbocycles. The first-order chi connectivity index (χ1) is 9.72. The number of hydrogen-bond acceptors (Lipinski definition) is 2. The third-order valence-electron chi connectivity index (χ3n) is 5.11. The molecule has 3 rings (SSSR count). The maximum absolute atomic E-state index is 6.65. The zero-order chi connectivity index (χ0) is 14.1. The molecule has 0 spiro atoms. The van der Waals surface area contributed by atoms with Crippen LogP contribution < -0.4 is 5.73 Å². The predicted molar refractivity (Wildman–Crippen MR) is 84.8 cm³/mol. The summed E-state index contributed by atoms with van der Waals surface area (Å²) in [6.45, 7) is 5.88. The normalized spacial score (nSPS) is 29.5. The Balaban J connectivity index is 1.83. The zero-order valence-electron chi connectivity index (χ0n) is 12.9. The molecule has 0 bridgehead atoms. The van der Waals surface area contributed by atoms with Crippen LogP contribution in [-0.2, 0) is 0 Å². The van der Waals surface area contributed by atoms with Crippen LogP contribution in [0.4, 0.5) is 0 Å². The van der Waals surface area contributed by atoms with Crippen molar-refractivity contribution in [3.05, 3.63) is 35.4 Å². The summed E-state index contributed by atoms with van der Waals surface area (Å²) in [6.07, 6.45) is 6.55. The molecule has 0 saturated heterocycles. The molecule has 1 fully saturated rings. The highest BCUT2D eigenvalue weighted by molar-refractivity contribution is 5.36. The summed E-state index contributed by atoms with van der Waals surface area (Å²) in [5.74, 6) is 0.638. The number of hydrogen-bond donors (Lipinski definition) is 1. The van der Waals surface area contributed by atoms with Crippen LogP contribution in [0.25, 0.3) is 0 Å². The molecule has 2 nitrogen and oxygen atoms in total. The fourth-order valence-electron chi connectivity index (χ4n) is 3.81. The fraction of sp³-hybridized carbons (Fsp3) is 0.667. The first-order valence-corrected chi connectivity index (χ1v) is 8.32. The highest BCUT2D eigenvalue weighted by atomic mass is 15.2. The van der Waals surface area contributed by atoms with Crippen molar-refractivity contribution in [3.8, 4) is 0 Å². The lowest BCUT2D eigenvalue weighted by Crippen LogP contribution is -2.47. The van der Waals surface area contributed by atoms with Crippen LogP contribution in [0.3, 0.4) is 0 Å². The van der Waals surface area contributed by atoms with Gasteiger partial charge >= 0.3 is 0 Å². The average Bonchev–Trinajstić information content (AvgIpc) is 3.29. The summed E-state index contributed by atoms with van der Waals surface area (Å²) in [5.41, 5.74) is 9.51. The number of benzene rings is 1. The summed E-state index contributed by atoms with van der Waals surface area (Å²) in [6, 6.07) is 10.4. The molecule has 0 radical (unpaired) electrons. The van der Waals surface area contributed by atoms with E-state index in [9.17, 15) is 0 Å². The van der Waals surface area contributed by atoms with E-state index in [1.54, 1.807) is 0 Å². The molecule has 0 heterocycles. The number of unbranched alkanes of at least 4 members (excludes halogenated alkanes) is 1. The summed E-state index contributed by atoms with van der Waals surface area (Å²) in [7, 11) is 0. The third kappa shape index (κ3) is 2.64. The van der Waals surface area contributed by atoms with E-state index in [1.165, 1.54) is 49.8 Å². The maximum atomic E-state index is 6.65. The monoisotopic (exact) mass is 272 g/mol. The Morgan fingerprint density at radius 1 is 1.20 bits per heavy atom. The third-order valence-corrected chi connectivity index (χ3v) is 5.11. The molecule has 2 aliphatic rings. The highest BCUT2D eigenvalue weighted by Gasteiger charge is 2.40. The van der Waals surface area contributed by atoms with E-state index in [1.807, 2.05) is 0 Å². The lowest BCUT2D eigenvalue weighted by molar-refractivity contribution is 0.136. The van der Waals surface area contributed by atoms with Crippen molar-refractivity contribution in [2.45, 2.75) is 70.0 Å². The summed E-state index contributed by atoms with van der Waals surface area (Å²) in [4.78, 5) is 2.74. The van der Waals surface area contributed by atoms with Gasteiger partial charge in [-0.15, -0.1) is 0 Å². The second-order valence-corrected chi connectivity index (χ2v) is 6.68. The number of fused-ring (bicyclic) bond motifs is 1. The van der Waals surface area contributed by atoms with Crippen molar-refractivity contribution in [2.24, 2.45) is 5.73 Å². The van der Waals surface area contributed by atoms with Gasteiger partial charge in [-0.05, 0) is 49.3 Å². The first-order valence-electron chi connectivity index (χ1n) is 8.32. The van der Waals surface area contributed by atoms with E-state index in [-0.39, 0.29) is 6.04 Å². The van der Waals surface area contributed by atoms with Gasteiger partial charge in [0.25, 0.3) is 0 Å². The second-order valence-electron chi connectivity index (χ2n) is 6.68. The van der Waals surface area contributed by atoms with E-state index in [2.05, 4.69) is 43.0 Å². The Labute approximate surface area is 123 Å². The van der Waals surface area contributed by atoms with Gasteiger partial charge in [-0.3, -0.25) is 4.90 Å². The van der Waals surface area contributed by atoms with Gasteiger partial charge in [-0.25, -0.2) is 0 Å². The molecule has 3 unspecified atom stereocenters. The SMILES string of the molecule is CCCCN(C1CC1)C1CC(C)c2ccccc2C1N. The van der Waals surface area contributed by atoms with Crippen LogP contribution in [0, 0.1) is 0 Å². The van der Waals surface area contributed by atoms with Crippen LogP contribution in [0.15, 0.2) is 24.3 Å². The largest absolute Gasteiger partial charge is 0.323 e. The quantitative estimate of drug-likeness (QED) is 0.882. The average molecular weight is 272 g/mol. The Hall–Kier alpha value is -0.860. The van der Waals surface area contributed by atoms with Crippen molar-refractivity contribution < 1.29 is 0 Å². The van der Waals surface area contributed by atoms with Crippen LogP contribution in [0.5, 0.6) is 0 Å². The first kappa shape index (κ1) is 14.1. The molecule has 0 amide bonds. The minimum atomic E-state index is 0.194. The van der Waals surface area contributed by atoms with Crippen LogP contribution in [0.2, 0.25) is 0 Å². The molecule has 2 N–H and O–H groups in total. The van der Waals surface area contributed by atoms with Crippen molar-refractivity contribution in [1.82, 2.24) is 4.90 Å². The Kier molecular flexibility index (Phi) is 4.13. The van der Waals surface area contributed by atoms with E-state index in [0.29, 0.717) is 12.0 Å². The van der Waals surface area contributed by atoms with Gasteiger partial charge in [0, 0.05) is 18.1 Å². The smallest absolute Gasteiger partial charge is 0.0456 e. The van der Waals surface area contributed by atoms with Crippen molar-refractivity contribution in [1.29, 1.82) is 0 Å². The van der Waals surface area contributed by atoms with Crippen LogP contribution in [-0.4, -0.2) is 23.5 Å². The summed E-state index contributed by atoms with van der Waals surface area (Å²) >= 11 is 0.